The van der Waals surface area contributed by atoms with Crippen LogP contribution in [0, 0.1) is 6.92 Å². The highest BCUT2D eigenvalue weighted by atomic mass is 16.5. The van der Waals surface area contributed by atoms with Crippen LogP contribution in [0.4, 0.5) is 0 Å². The van der Waals surface area contributed by atoms with Crippen LogP contribution < -0.4 is 5.32 Å². The lowest BCUT2D eigenvalue weighted by Gasteiger charge is -2.18. The number of benzene rings is 2. The predicted molar refractivity (Wildman–Crippen MR) is 84.5 cm³/mol. The molecule has 1 N–H and O–H groups in total. The average molecular weight is 297 g/mol. The molecule has 2 aromatic carbocycles. The summed E-state index contributed by atoms with van der Waals surface area (Å²) in [5.74, 6) is -0.570. The van der Waals surface area contributed by atoms with Gasteiger partial charge < -0.3 is 10.1 Å². The zero-order valence-corrected chi connectivity index (χ0v) is 12.7. The van der Waals surface area contributed by atoms with Crippen molar-refractivity contribution in [3.63, 3.8) is 0 Å². The molecule has 0 aliphatic heterocycles. The fourth-order valence-corrected chi connectivity index (χ4v) is 2.22. The van der Waals surface area contributed by atoms with Crippen molar-refractivity contribution in [3.8, 4) is 0 Å². The smallest absolute Gasteiger partial charge is 0.307 e. The monoisotopic (exact) mass is 297 g/mol. The van der Waals surface area contributed by atoms with E-state index in [2.05, 4.69) is 5.32 Å². The molecule has 0 unspecified atom stereocenters. The lowest BCUT2D eigenvalue weighted by atomic mass is 10.0. The van der Waals surface area contributed by atoms with Crippen LogP contribution in [-0.4, -0.2) is 19.0 Å². The Balaban J connectivity index is 2.19. The molecule has 0 heterocycles. The first-order chi connectivity index (χ1) is 10.6. The largest absolute Gasteiger partial charge is 0.469 e. The molecule has 0 radical (unpaired) electrons. The van der Waals surface area contributed by atoms with Gasteiger partial charge in [-0.1, -0.05) is 48.0 Å². The third-order valence-electron chi connectivity index (χ3n) is 3.39. The summed E-state index contributed by atoms with van der Waals surface area (Å²) >= 11 is 0. The van der Waals surface area contributed by atoms with Crippen molar-refractivity contribution in [1.29, 1.82) is 0 Å². The first kappa shape index (κ1) is 15.8. The minimum absolute atomic E-state index is 0.0953. The molecule has 0 saturated carbocycles. The van der Waals surface area contributed by atoms with Crippen molar-refractivity contribution in [1.82, 2.24) is 5.32 Å². The molecule has 4 nitrogen and oxygen atoms in total. The number of hydrogen-bond donors (Lipinski definition) is 1. The Bertz CT molecular complexity index is 652. The molecule has 0 spiro atoms. The quantitative estimate of drug-likeness (QED) is 0.863. The average Bonchev–Trinajstić information content (AvgIpc) is 2.54. The van der Waals surface area contributed by atoms with Crippen molar-refractivity contribution in [3.05, 3.63) is 71.3 Å². The Hall–Kier alpha value is -2.62. The zero-order valence-electron chi connectivity index (χ0n) is 12.7. The van der Waals surface area contributed by atoms with Gasteiger partial charge in [0.05, 0.1) is 19.6 Å². The molecule has 0 bridgehead atoms. The third kappa shape index (κ3) is 4.19. The predicted octanol–water partition coefficient (Wildman–Crippen LogP) is 3.03. The van der Waals surface area contributed by atoms with Crippen LogP contribution in [0.25, 0.3) is 0 Å². The van der Waals surface area contributed by atoms with Crippen molar-refractivity contribution in [2.75, 3.05) is 7.11 Å². The standard InChI is InChI=1S/C18H19NO3/c1-13-7-6-10-15(11-13)18(21)19-16(12-17(20)22-2)14-8-4-3-5-9-14/h3-11,16H,12H2,1-2H3,(H,19,21)/t16-/m1/s1. The van der Waals surface area contributed by atoms with Crippen LogP contribution in [-0.2, 0) is 9.53 Å². The Morgan fingerprint density at radius 3 is 2.45 bits per heavy atom. The fraction of sp³-hybridized carbons (Fsp3) is 0.222. The maximum atomic E-state index is 12.4. The molecule has 0 saturated heterocycles. The van der Waals surface area contributed by atoms with Gasteiger partial charge in [-0.05, 0) is 24.6 Å². The molecule has 1 atom stereocenters. The van der Waals surface area contributed by atoms with E-state index in [0.29, 0.717) is 5.56 Å². The van der Waals surface area contributed by atoms with Crippen molar-refractivity contribution in [2.45, 2.75) is 19.4 Å². The fourth-order valence-electron chi connectivity index (χ4n) is 2.22. The molecule has 114 valence electrons. The van der Waals surface area contributed by atoms with Gasteiger partial charge in [0.25, 0.3) is 5.91 Å². The lowest BCUT2D eigenvalue weighted by Crippen LogP contribution is -2.30. The molecule has 1 amide bonds. The van der Waals surface area contributed by atoms with Crippen molar-refractivity contribution < 1.29 is 14.3 Å². The van der Waals surface area contributed by atoms with E-state index in [0.717, 1.165) is 11.1 Å². The van der Waals surface area contributed by atoms with Crippen LogP contribution in [0.15, 0.2) is 54.6 Å². The van der Waals surface area contributed by atoms with E-state index in [9.17, 15) is 9.59 Å². The number of ether oxygens (including phenoxy) is 1. The minimum atomic E-state index is -0.415. The maximum absolute atomic E-state index is 12.4. The molecular formula is C18H19NO3. The molecule has 22 heavy (non-hydrogen) atoms. The van der Waals surface area contributed by atoms with Gasteiger partial charge in [-0.2, -0.15) is 0 Å². The van der Waals surface area contributed by atoms with Gasteiger partial charge in [-0.25, -0.2) is 0 Å². The van der Waals surface area contributed by atoms with Gasteiger partial charge in [0, 0.05) is 5.56 Å². The van der Waals surface area contributed by atoms with Gasteiger partial charge >= 0.3 is 5.97 Å². The van der Waals surface area contributed by atoms with Gasteiger partial charge in [0.1, 0.15) is 0 Å². The van der Waals surface area contributed by atoms with E-state index in [1.165, 1.54) is 7.11 Å². The first-order valence-electron chi connectivity index (χ1n) is 7.09. The number of carbonyl (C=O) groups excluding carboxylic acids is 2. The summed E-state index contributed by atoms with van der Waals surface area (Å²) in [6.07, 6.45) is 0.0953. The normalized spacial score (nSPS) is 11.5. The summed E-state index contributed by atoms with van der Waals surface area (Å²) in [6.45, 7) is 1.93. The van der Waals surface area contributed by atoms with Gasteiger partial charge in [-0.3, -0.25) is 9.59 Å². The molecule has 4 heteroatoms. The maximum Gasteiger partial charge on any atom is 0.307 e. The second-order valence-corrected chi connectivity index (χ2v) is 5.09. The number of aryl methyl sites for hydroxylation is 1. The van der Waals surface area contributed by atoms with E-state index in [1.807, 2.05) is 55.5 Å². The number of carbonyl (C=O) groups is 2. The number of rotatable bonds is 5. The number of esters is 1. The molecule has 0 fully saturated rings. The van der Waals surface area contributed by atoms with Crippen LogP contribution in [0.2, 0.25) is 0 Å². The van der Waals surface area contributed by atoms with E-state index in [1.54, 1.807) is 6.07 Å². The molecule has 0 aliphatic rings. The van der Waals surface area contributed by atoms with E-state index < -0.39 is 6.04 Å². The summed E-state index contributed by atoms with van der Waals surface area (Å²) < 4.78 is 4.72. The number of nitrogens with one attached hydrogen (secondary N) is 1. The second kappa shape index (κ2) is 7.41. The molecule has 2 aromatic rings. The SMILES string of the molecule is COC(=O)C[C@@H](NC(=O)c1cccc(C)c1)c1ccccc1. The molecule has 2 rings (SSSR count). The topological polar surface area (TPSA) is 55.4 Å². The van der Waals surface area contributed by atoms with Gasteiger partial charge in [0.15, 0.2) is 0 Å². The lowest BCUT2D eigenvalue weighted by molar-refractivity contribution is -0.141. The van der Waals surface area contributed by atoms with Gasteiger partial charge in [-0.15, -0.1) is 0 Å². The first-order valence-corrected chi connectivity index (χ1v) is 7.09. The second-order valence-electron chi connectivity index (χ2n) is 5.09. The summed E-state index contributed by atoms with van der Waals surface area (Å²) in [5.41, 5.74) is 2.46. The number of amides is 1. The summed E-state index contributed by atoms with van der Waals surface area (Å²) in [6, 6.07) is 16.3. The Morgan fingerprint density at radius 2 is 1.82 bits per heavy atom. The van der Waals surface area contributed by atoms with E-state index in [4.69, 9.17) is 4.74 Å². The van der Waals surface area contributed by atoms with Crippen molar-refractivity contribution >= 4 is 11.9 Å². The van der Waals surface area contributed by atoms with E-state index >= 15 is 0 Å². The van der Waals surface area contributed by atoms with Crippen LogP contribution in [0.3, 0.4) is 0 Å². The van der Waals surface area contributed by atoms with Crippen LogP contribution in [0.5, 0.6) is 0 Å². The summed E-state index contributed by atoms with van der Waals surface area (Å²) in [4.78, 5) is 24.0. The Morgan fingerprint density at radius 1 is 1.09 bits per heavy atom. The van der Waals surface area contributed by atoms with Gasteiger partial charge in [0.2, 0.25) is 0 Å². The number of hydrogen-bond acceptors (Lipinski definition) is 3. The highest BCUT2D eigenvalue weighted by molar-refractivity contribution is 5.94. The van der Waals surface area contributed by atoms with Crippen LogP contribution >= 0.6 is 0 Å². The zero-order chi connectivity index (χ0) is 15.9. The summed E-state index contributed by atoms with van der Waals surface area (Å²) in [7, 11) is 1.34. The molecule has 0 aromatic heterocycles. The Kier molecular flexibility index (Phi) is 5.31. The highest BCUT2D eigenvalue weighted by Crippen LogP contribution is 2.18. The molecular weight excluding hydrogens is 278 g/mol. The van der Waals surface area contributed by atoms with Crippen molar-refractivity contribution in [2.24, 2.45) is 0 Å². The molecule has 0 aliphatic carbocycles. The summed E-state index contributed by atoms with van der Waals surface area (Å²) in [5, 5.41) is 2.90. The minimum Gasteiger partial charge on any atom is -0.469 e. The highest BCUT2D eigenvalue weighted by Gasteiger charge is 2.19. The number of methoxy groups -OCH3 is 1. The third-order valence-corrected chi connectivity index (χ3v) is 3.39. The van der Waals surface area contributed by atoms with E-state index in [-0.39, 0.29) is 18.3 Å². The Labute approximate surface area is 130 Å². The van der Waals surface area contributed by atoms with Crippen LogP contribution in [0.1, 0.15) is 33.9 Å².